The maximum absolute atomic E-state index is 13.0. The Kier molecular flexibility index (Phi) is 4.27. The smallest absolute Gasteiger partial charge is 0.263 e. The molecular weight excluding hydrogens is 301 g/mol. The van der Waals surface area contributed by atoms with Gasteiger partial charge < -0.3 is 10.0 Å². The number of hydrogen-bond acceptors (Lipinski definition) is 3. The molecule has 22 heavy (non-hydrogen) atoms. The summed E-state index contributed by atoms with van der Waals surface area (Å²) in [7, 11) is 0. The molecule has 0 bridgehead atoms. The minimum absolute atomic E-state index is 0.0153. The number of likely N-dealkylation sites (tertiary alicyclic amines) is 1. The number of halogens is 1. The van der Waals surface area contributed by atoms with Crippen molar-refractivity contribution >= 4 is 17.2 Å². The highest BCUT2D eigenvalue weighted by Crippen LogP contribution is 2.30. The minimum atomic E-state index is -0.379. The average Bonchev–Trinajstić information content (AvgIpc) is 3.17. The molecule has 1 amide bonds. The summed E-state index contributed by atoms with van der Waals surface area (Å²) >= 11 is 1.42. The van der Waals surface area contributed by atoms with Gasteiger partial charge in [0, 0.05) is 23.9 Å². The first-order valence-electron chi connectivity index (χ1n) is 7.37. The molecular formula is C17H18FNO2S. The Labute approximate surface area is 133 Å². The molecule has 1 aliphatic rings. The van der Waals surface area contributed by atoms with Gasteiger partial charge in [-0.25, -0.2) is 4.39 Å². The van der Waals surface area contributed by atoms with Crippen LogP contribution < -0.4 is 0 Å². The Morgan fingerprint density at radius 2 is 2.05 bits per heavy atom. The van der Waals surface area contributed by atoms with Crippen LogP contribution >= 0.6 is 11.3 Å². The molecule has 1 aliphatic heterocycles. The molecule has 1 aromatic carbocycles. The Morgan fingerprint density at radius 1 is 1.32 bits per heavy atom. The largest absolute Gasteiger partial charge is 0.393 e. The minimum Gasteiger partial charge on any atom is -0.393 e. The molecule has 0 aliphatic carbocycles. The van der Waals surface area contributed by atoms with Crippen molar-refractivity contribution in [2.75, 3.05) is 13.1 Å². The van der Waals surface area contributed by atoms with Gasteiger partial charge in [-0.15, -0.1) is 11.3 Å². The molecule has 0 spiro atoms. The van der Waals surface area contributed by atoms with Gasteiger partial charge in [0.1, 0.15) is 5.82 Å². The molecule has 5 heteroatoms. The summed E-state index contributed by atoms with van der Waals surface area (Å²) in [5.74, 6) is -0.0835. The lowest BCUT2D eigenvalue weighted by molar-refractivity contribution is 0.0767. The van der Waals surface area contributed by atoms with Crippen LogP contribution in [0.4, 0.5) is 4.39 Å². The molecule has 3 rings (SSSR count). The number of benzene rings is 1. The molecule has 2 unspecified atom stereocenters. The molecule has 1 N–H and O–H groups in total. The van der Waals surface area contributed by atoms with Crippen LogP contribution in [0.3, 0.4) is 0 Å². The summed E-state index contributed by atoms with van der Waals surface area (Å²) in [5.41, 5.74) is 0.911. The molecule has 0 saturated carbocycles. The monoisotopic (exact) mass is 319 g/mol. The van der Waals surface area contributed by atoms with Crippen LogP contribution in [0, 0.1) is 11.7 Å². The lowest BCUT2D eigenvalue weighted by Gasteiger charge is -2.16. The molecule has 1 saturated heterocycles. The second-order valence-corrected chi connectivity index (χ2v) is 6.80. The average molecular weight is 319 g/mol. The van der Waals surface area contributed by atoms with Gasteiger partial charge in [0.05, 0.1) is 11.0 Å². The van der Waals surface area contributed by atoms with E-state index >= 15 is 0 Å². The van der Waals surface area contributed by atoms with Crippen LogP contribution in [0.25, 0.3) is 10.4 Å². The van der Waals surface area contributed by atoms with E-state index in [0.29, 0.717) is 18.0 Å². The van der Waals surface area contributed by atoms with E-state index in [0.717, 1.165) is 16.9 Å². The third kappa shape index (κ3) is 3.05. The van der Waals surface area contributed by atoms with E-state index in [-0.39, 0.29) is 23.7 Å². The third-order valence-corrected chi connectivity index (χ3v) is 5.26. The molecule has 2 atom stereocenters. The van der Waals surface area contributed by atoms with Crippen molar-refractivity contribution in [3.63, 3.8) is 0 Å². The van der Waals surface area contributed by atoms with Crippen molar-refractivity contribution in [2.24, 2.45) is 5.92 Å². The highest BCUT2D eigenvalue weighted by atomic mass is 32.1. The normalized spacial score (nSPS) is 19.4. The fourth-order valence-corrected chi connectivity index (χ4v) is 3.72. The van der Waals surface area contributed by atoms with Crippen molar-refractivity contribution in [1.29, 1.82) is 0 Å². The van der Waals surface area contributed by atoms with Gasteiger partial charge in [0.2, 0.25) is 0 Å². The zero-order valence-corrected chi connectivity index (χ0v) is 13.1. The number of carbonyl (C=O) groups excluding carboxylic acids is 1. The predicted octanol–water partition coefficient (Wildman–Crippen LogP) is 3.40. The molecule has 3 nitrogen and oxygen atoms in total. The van der Waals surface area contributed by atoms with E-state index in [9.17, 15) is 14.3 Å². The van der Waals surface area contributed by atoms with Crippen molar-refractivity contribution in [2.45, 2.75) is 19.4 Å². The first-order valence-corrected chi connectivity index (χ1v) is 8.19. The maximum Gasteiger partial charge on any atom is 0.263 e. The summed E-state index contributed by atoms with van der Waals surface area (Å²) in [5, 5.41) is 9.63. The van der Waals surface area contributed by atoms with Gasteiger partial charge in [0.25, 0.3) is 5.91 Å². The number of aliphatic hydroxyl groups is 1. The Hall–Kier alpha value is -1.72. The van der Waals surface area contributed by atoms with Crippen LogP contribution in [0.15, 0.2) is 36.4 Å². The SMILES string of the molecule is CC(O)C1CCN(C(=O)c2ccc(-c3ccc(F)cc3)s2)C1. The van der Waals surface area contributed by atoms with Gasteiger partial charge in [-0.3, -0.25) is 4.79 Å². The quantitative estimate of drug-likeness (QED) is 0.942. The zero-order valence-electron chi connectivity index (χ0n) is 12.3. The van der Waals surface area contributed by atoms with Crippen LogP contribution in [0.2, 0.25) is 0 Å². The van der Waals surface area contributed by atoms with Crippen LogP contribution in [0.5, 0.6) is 0 Å². The number of rotatable bonds is 3. The Bertz CT molecular complexity index is 666. The van der Waals surface area contributed by atoms with E-state index in [1.165, 1.54) is 23.5 Å². The topological polar surface area (TPSA) is 40.5 Å². The zero-order chi connectivity index (χ0) is 15.7. The van der Waals surface area contributed by atoms with E-state index in [2.05, 4.69) is 0 Å². The second kappa shape index (κ2) is 6.18. The Morgan fingerprint density at radius 3 is 2.68 bits per heavy atom. The number of hydrogen-bond donors (Lipinski definition) is 1. The number of amides is 1. The van der Waals surface area contributed by atoms with E-state index in [4.69, 9.17) is 0 Å². The highest BCUT2D eigenvalue weighted by Gasteiger charge is 2.30. The van der Waals surface area contributed by atoms with Crippen LogP contribution in [-0.4, -0.2) is 35.1 Å². The predicted molar refractivity (Wildman–Crippen MR) is 85.4 cm³/mol. The lowest BCUT2D eigenvalue weighted by Crippen LogP contribution is -2.29. The highest BCUT2D eigenvalue weighted by molar-refractivity contribution is 7.17. The summed E-state index contributed by atoms with van der Waals surface area (Å²) in [6.45, 7) is 3.08. The number of carbonyl (C=O) groups is 1. The fraction of sp³-hybridized carbons (Fsp3) is 0.353. The Balaban J connectivity index is 1.74. The molecule has 1 aromatic heterocycles. The molecule has 0 radical (unpaired) electrons. The van der Waals surface area contributed by atoms with Gasteiger partial charge in [-0.05, 0) is 43.2 Å². The van der Waals surface area contributed by atoms with E-state index in [1.54, 1.807) is 24.0 Å². The number of aliphatic hydroxyl groups excluding tert-OH is 1. The van der Waals surface area contributed by atoms with Crippen molar-refractivity contribution in [3.05, 3.63) is 47.1 Å². The molecule has 2 aromatic rings. The van der Waals surface area contributed by atoms with Crippen LogP contribution in [0.1, 0.15) is 23.0 Å². The standard InChI is InChI=1S/C17H18FNO2S/c1-11(20)13-8-9-19(10-13)17(21)16-7-6-15(22-16)12-2-4-14(18)5-3-12/h2-7,11,13,20H,8-10H2,1H3. The van der Waals surface area contributed by atoms with Crippen molar-refractivity contribution in [3.8, 4) is 10.4 Å². The molecule has 1 fully saturated rings. The van der Waals surface area contributed by atoms with E-state index in [1.807, 2.05) is 12.1 Å². The van der Waals surface area contributed by atoms with Crippen molar-refractivity contribution in [1.82, 2.24) is 4.90 Å². The summed E-state index contributed by atoms with van der Waals surface area (Å²) < 4.78 is 13.0. The number of nitrogens with zero attached hydrogens (tertiary/aromatic N) is 1. The second-order valence-electron chi connectivity index (χ2n) is 5.71. The van der Waals surface area contributed by atoms with Gasteiger partial charge in [-0.2, -0.15) is 0 Å². The van der Waals surface area contributed by atoms with E-state index < -0.39 is 0 Å². The van der Waals surface area contributed by atoms with Crippen LogP contribution in [-0.2, 0) is 0 Å². The van der Waals surface area contributed by atoms with Gasteiger partial charge in [-0.1, -0.05) is 12.1 Å². The first kappa shape index (κ1) is 15.2. The van der Waals surface area contributed by atoms with Gasteiger partial charge in [0.15, 0.2) is 0 Å². The third-order valence-electron chi connectivity index (χ3n) is 4.14. The molecule has 116 valence electrons. The molecule has 2 heterocycles. The summed E-state index contributed by atoms with van der Waals surface area (Å²) in [6, 6.07) is 9.99. The first-order chi connectivity index (χ1) is 10.5. The fourth-order valence-electron chi connectivity index (χ4n) is 2.74. The summed E-state index contributed by atoms with van der Waals surface area (Å²) in [4.78, 5) is 16.0. The van der Waals surface area contributed by atoms with Gasteiger partial charge >= 0.3 is 0 Å². The number of thiophene rings is 1. The maximum atomic E-state index is 13.0. The lowest BCUT2D eigenvalue weighted by atomic mass is 10.0. The van der Waals surface area contributed by atoms with Crippen molar-refractivity contribution < 1.29 is 14.3 Å². The summed E-state index contributed by atoms with van der Waals surface area (Å²) in [6.07, 6.45) is 0.468.